The molecule has 102 valence electrons. The number of ether oxygens (including phenoxy) is 2. The van der Waals surface area contributed by atoms with Gasteiger partial charge in [-0.15, -0.1) is 0 Å². The summed E-state index contributed by atoms with van der Waals surface area (Å²) < 4.78 is 10.2. The number of anilines is 1. The van der Waals surface area contributed by atoms with Crippen LogP contribution in [0, 0.1) is 0 Å². The molecule has 6 heteroatoms. The zero-order chi connectivity index (χ0) is 14.0. The lowest BCUT2D eigenvalue weighted by Crippen LogP contribution is -2.41. The van der Waals surface area contributed by atoms with Crippen LogP contribution < -0.4 is 9.64 Å². The summed E-state index contributed by atoms with van der Waals surface area (Å²) in [6.07, 6.45) is -0.0155. The molecule has 1 aromatic carbocycles. The number of carbonyl (C=O) groups excluding carboxylic acids is 1. The molecule has 1 aromatic rings. The molecule has 0 aliphatic carbocycles. The molecule has 1 aliphatic rings. The molecule has 1 atom stereocenters. The van der Waals surface area contributed by atoms with Gasteiger partial charge < -0.3 is 19.5 Å². The molecule has 0 amide bonds. The summed E-state index contributed by atoms with van der Waals surface area (Å²) in [5.41, 5.74) is 1.10. The van der Waals surface area contributed by atoms with Gasteiger partial charge in [-0.3, -0.25) is 4.79 Å². The van der Waals surface area contributed by atoms with Crippen molar-refractivity contribution in [3.05, 3.63) is 23.8 Å². The van der Waals surface area contributed by atoms with Crippen LogP contribution in [0.2, 0.25) is 0 Å². The van der Waals surface area contributed by atoms with Gasteiger partial charge in [0.15, 0.2) is 0 Å². The van der Waals surface area contributed by atoms with E-state index in [1.165, 1.54) is 7.11 Å². The highest BCUT2D eigenvalue weighted by atomic mass is 16.5. The Bertz CT molecular complexity index is 514. The van der Waals surface area contributed by atoms with Gasteiger partial charge >= 0.3 is 11.9 Å². The number of benzene rings is 1. The summed E-state index contributed by atoms with van der Waals surface area (Å²) in [5, 5.41) is 8.86. The van der Waals surface area contributed by atoms with Gasteiger partial charge in [0.1, 0.15) is 12.4 Å². The summed E-state index contributed by atoms with van der Waals surface area (Å²) in [6.45, 7) is 0.313. The zero-order valence-electron chi connectivity index (χ0n) is 10.8. The van der Waals surface area contributed by atoms with Crippen LogP contribution in [-0.2, 0) is 9.53 Å². The van der Waals surface area contributed by atoms with Gasteiger partial charge in [-0.25, -0.2) is 4.79 Å². The Kier molecular flexibility index (Phi) is 3.59. The minimum atomic E-state index is -0.881. The highest BCUT2D eigenvalue weighted by Gasteiger charge is 2.27. The molecule has 0 fully saturated rings. The SMILES string of the molecule is COC(=O)c1ccc2c(c1)N(C)C(CC(=O)O)CO2. The molecule has 1 N–H and O–H groups in total. The van der Waals surface area contributed by atoms with Crippen molar-refractivity contribution in [1.82, 2.24) is 0 Å². The number of hydrogen-bond donors (Lipinski definition) is 1. The molecule has 0 radical (unpaired) electrons. The fourth-order valence-corrected chi connectivity index (χ4v) is 2.05. The average molecular weight is 265 g/mol. The second-order valence-corrected chi connectivity index (χ2v) is 4.35. The molecule has 1 heterocycles. The van der Waals surface area contributed by atoms with Gasteiger partial charge in [-0.2, -0.15) is 0 Å². The van der Waals surface area contributed by atoms with Crippen LogP contribution in [0.3, 0.4) is 0 Å². The van der Waals surface area contributed by atoms with E-state index in [1.807, 2.05) is 4.90 Å². The first-order chi connectivity index (χ1) is 9.02. The van der Waals surface area contributed by atoms with Gasteiger partial charge in [-0.1, -0.05) is 0 Å². The van der Waals surface area contributed by atoms with Gasteiger partial charge in [-0.05, 0) is 18.2 Å². The Labute approximate surface area is 110 Å². The second kappa shape index (κ2) is 5.17. The normalized spacial score (nSPS) is 17.4. The van der Waals surface area contributed by atoms with E-state index in [1.54, 1.807) is 25.2 Å². The maximum Gasteiger partial charge on any atom is 0.337 e. The van der Waals surface area contributed by atoms with Crippen LogP contribution in [-0.4, -0.2) is 43.9 Å². The predicted molar refractivity (Wildman–Crippen MR) is 67.7 cm³/mol. The van der Waals surface area contributed by atoms with Gasteiger partial charge in [0.2, 0.25) is 0 Å². The molecule has 6 nitrogen and oxygen atoms in total. The van der Waals surface area contributed by atoms with Crippen LogP contribution in [0.4, 0.5) is 5.69 Å². The van der Waals surface area contributed by atoms with E-state index in [2.05, 4.69) is 4.74 Å². The topological polar surface area (TPSA) is 76.1 Å². The third kappa shape index (κ3) is 2.62. The number of rotatable bonds is 3. The Hall–Kier alpha value is -2.24. The summed E-state index contributed by atoms with van der Waals surface area (Å²) in [7, 11) is 3.10. The van der Waals surface area contributed by atoms with Gasteiger partial charge in [0, 0.05) is 7.05 Å². The third-order valence-electron chi connectivity index (χ3n) is 3.15. The van der Waals surface area contributed by atoms with E-state index in [0.29, 0.717) is 23.6 Å². The van der Waals surface area contributed by atoms with Crippen molar-refractivity contribution in [3.8, 4) is 5.75 Å². The van der Waals surface area contributed by atoms with E-state index >= 15 is 0 Å². The molecule has 19 heavy (non-hydrogen) atoms. The van der Waals surface area contributed by atoms with Crippen molar-refractivity contribution in [2.75, 3.05) is 25.7 Å². The number of hydrogen-bond acceptors (Lipinski definition) is 5. The number of carbonyl (C=O) groups is 2. The number of nitrogens with zero attached hydrogens (tertiary/aromatic N) is 1. The van der Waals surface area contributed by atoms with Crippen molar-refractivity contribution < 1.29 is 24.2 Å². The lowest BCUT2D eigenvalue weighted by Gasteiger charge is -2.35. The fraction of sp³-hybridized carbons (Fsp3) is 0.385. The lowest BCUT2D eigenvalue weighted by atomic mass is 10.1. The third-order valence-corrected chi connectivity index (χ3v) is 3.15. The van der Waals surface area contributed by atoms with E-state index in [0.717, 1.165) is 0 Å². The van der Waals surface area contributed by atoms with Crippen LogP contribution in [0.15, 0.2) is 18.2 Å². The molecule has 0 bridgehead atoms. The molecule has 0 saturated heterocycles. The molecule has 2 rings (SSSR count). The van der Waals surface area contributed by atoms with Crippen LogP contribution >= 0.6 is 0 Å². The Morgan fingerprint density at radius 2 is 2.26 bits per heavy atom. The van der Waals surface area contributed by atoms with Crippen molar-refractivity contribution in [2.45, 2.75) is 12.5 Å². The van der Waals surface area contributed by atoms with Crippen LogP contribution in [0.1, 0.15) is 16.8 Å². The number of carboxylic acid groups (broad SMARTS) is 1. The van der Waals surface area contributed by atoms with Crippen LogP contribution in [0.25, 0.3) is 0 Å². The van der Waals surface area contributed by atoms with Gasteiger partial charge in [0.25, 0.3) is 0 Å². The summed E-state index contributed by atoms with van der Waals surface area (Å²) in [4.78, 5) is 24.1. The molecule has 1 unspecified atom stereocenters. The summed E-state index contributed by atoms with van der Waals surface area (Å²) >= 11 is 0. The highest BCUT2D eigenvalue weighted by Crippen LogP contribution is 2.34. The zero-order valence-corrected chi connectivity index (χ0v) is 10.8. The second-order valence-electron chi connectivity index (χ2n) is 4.35. The standard InChI is InChI=1S/C13H15NO5/c1-14-9(6-12(15)16)7-19-11-4-3-8(5-10(11)14)13(17)18-2/h3-5,9H,6-7H2,1-2H3,(H,15,16). The van der Waals surface area contributed by atoms with Crippen molar-refractivity contribution in [3.63, 3.8) is 0 Å². The molecular weight excluding hydrogens is 250 g/mol. The maximum atomic E-state index is 11.5. The molecule has 0 spiro atoms. The van der Waals surface area contributed by atoms with E-state index in [4.69, 9.17) is 9.84 Å². The van der Waals surface area contributed by atoms with Crippen LogP contribution in [0.5, 0.6) is 5.75 Å². The summed E-state index contributed by atoms with van der Waals surface area (Å²) in [6, 6.07) is 4.71. The lowest BCUT2D eigenvalue weighted by molar-refractivity contribution is -0.137. The Balaban J connectivity index is 2.30. The molecular formula is C13H15NO5. The number of methoxy groups -OCH3 is 1. The van der Waals surface area contributed by atoms with E-state index in [9.17, 15) is 9.59 Å². The first-order valence-electron chi connectivity index (χ1n) is 5.82. The fourth-order valence-electron chi connectivity index (χ4n) is 2.05. The van der Waals surface area contributed by atoms with Crippen molar-refractivity contribution in [2.24, 2.45) is 0 Å². The van der Waals surface area contributed by atoms with Crippen molar-refractivity contribution in [1.29, 1.82) is 0 Å². The van der Waals surface area contributed by atoms with E-state index in [-0.39, 0.29) is 12.5 Å². The monoisotopic (exact) mass is 265 g/mol. The smallest absolute Gasteiger partial charge is 0.337 e. The van der Waals surface area contributed by atoms with Crippen molar-refractivity contribution >= 4 is 17.6 Å². The largest absolute Gasteiger partial charge is 0.489 e. The number of carboxylic acids is 1. The van der Waals surface area contributed by atoms with Gasteiger partial charge in [0.05, 0.1) is 30.8 Å². The number of likely N-dealkylation sites (N-methyl/N-ethyl adjacent to an activating group) is 1. The number of aliphatic carboxylic acids is 1. The first kappa shape index (κ1) is 13.2. The molecule has 0 saturated carbocycles. The maximum absolute atomic E-state index is 11.5. The minimum Gasteiger partial charge on any atom is -0.489 e. The highest BCUT2D eigenvalue weighted by molar-refractivity contribution is 5.91. The molecule has 1 aliphatic heterocycles. The minimum absolute atomic E-state index is 0.0155. The quantitative estimate of drug-likeness (QED) is 0.826. The predicted octanol–water partition coefficient (Wildman–Crippen LogP) is 1.15. The Morgan fingerprint density at radius 1 is 1.53 bits per heavy atom. The van der Waals surface area contributed by atoms with E-state index < -0.39 is 11.9 Å². The number of fused-ring (bicyclic) bond motifs is 1. The Morgan fingerprint density at radius 3 is 2.89 bits per heavy atom. The molecule has 0 aromatic heterocycles. The average Bonchev–Trinajstić information content (AvgIpc) is 2.40. The number of esters is 1. The summed E-state index contributed by atoms with van der Waals surface area (Å²) in [5.74, 6) is -0.679. The first-order valence-corrected chi connectivity index (χ1v) is 5.82.